The van der Waals surface area contributed by atoms with Crippen molar-refractivity contribution in [3.63, 3.8) is 0 Å². The van der Waals surface area contributed by atoms with Gasteiger partial charge in [-0.3, -0.25) is 9.20 Å². The van der Waals surface area contributed by atoms with Gasteiger partial charge in [-0.05, 0) is 31.6 Å². The quantitative estimate of drug-likeness (QED) is 0.581. The highest BCUT2D eigenvalue weighted by molar-refractivity contribution is 6.30. The van der Waals surface area contributed by atoms with Crippen LogP contribution in [0.15, 0.2) is 47.4 Å². The molecule has 0 aliphatic carbocycles. The molecule has 0 atom stereocenters. The van der Waals surface area contributed by atoms with Crippen LogP contribution in [0.25, 0.3) is 23.1 Å². The Balaban J connectivity index is 2.15. The van der Waals surface area contributed by atoms with Crippen LogP contribution in [0.5, 0.6) is 0 Å². The maximum absolute atomic E-state index is 12.5. The van der Waals surface area contributed by atoms with Crippen molar-refractivity contribution in [3.8, 4) is 11.3 Å². The Kier molecular flexibility index (Phi) is 5.39. The zero-order chi connectivity index (χ0) is 17.8. The minimum atomic E-state index is -0.0671. The van der Waals surface area contributed by atoms with E-state index in [1.165, 1.54) is 0 Å². The molecule has 0 spiro atoms. The fourth-order valence-corrected chi connectivity index (χ4v) is 3.06. The number of allylic oxidation sites excluding steroid dienone is 1. The lowest BCUT2D eigenvalue weighted by Gasteiger charge is -2.12. The van der Waals surface area contributed by atoms with Crippen molar-refractivity contribution >= 4 is 23.5 Å². The first-order chi connectivity index (χ1) is 12.1. The fourth-order valence-electron chi connectivity index (χ4n) is 2.93. The largest absolute Gasteiger partial charge is 0.311 e. The van der Waals surface area contributed by atoms with E-state index in [-0.39, 0.29) is 5.56 Å². The summed E-state index contributed by atoms with van der Waals surface area (Å²) in [5.74, 6) is 0.682. The summed E-state index contributed by atoms with van der Waals surface area (Å²) < 4.78 is 3.75. The van der Waals surface area contributed by atoms with Gasteiger partial charge < -0.3 is 4.57 Å². The van der Waals surface area contributed by atoms with Crippen LogP contribution in [0, 0.1) is 0 Å². The zero-order valence-corrected chi connectivity index (χ0v) is 15.3. The second-order valence-corrected chi connectivity index (χ2v) is 6.51. The maximum Gasteiger partial charge on any atom is 0.259 e. The number of benzene rings is 1. The smallest absolute Gasteiger partial charge is 0.259 e. The Morgan fingerprint density at radius 2 is 1.96 bits per heavy atom. The first-order valence-corrected chi connectivity index (χ1v) is 9.03. The lowest BCUT2D eigenvalue weighted by molar-refractivity contribution is 0.598. The molecule has 0 saturated carbocycles. The van der Waals surface area contributed by atoms with Gasteiger partial charge in [-0.25, -0.2) is 4.98 Å². The van der Waals surface area contributed by atoms with Gasteiger partial charge in [-0.2, -0.15) is 0 Å². The van der Waals surface area contributed by atoms with Gasteiger partial charge in [0.25, 0.3) is 5.56 Å². The van der Waals surface area contributed by atoms with E-state index in [0.717, 1.165) is 42.8 Å². The number of hydrogen-bond donors (Lipinski definition) is 0. The van der Waals surface area contributed by atoms with Crippen molar-refractivity contribution in [2.45, 2.75) is 39.7 Å². The third-order valence-electron chi connectivity index (χ3n) is 4.21. The number of aryl methyl sites for hydroxylation is 1. The molecule has 2 aromatic heterocycles. The SMILES string of the molecule is C/C=C/c1cc(=O)n2cc(-c3ccc(Cl)cc3)nc2n1CCCCC. The summed E-state index contributed by atoms with van der Waals surface area (Å²) in [5, 5.41) is 0.682. The first kappa shape index (κ1) is 17.5. The fraction of sp³-hybridized carbons (Fsp3) is 0.300. The number of halogens is 1. The van der Waals surface area contributed by atoms with E-state index in [1.807, 2.05) is 43.3 Å². The van der Waals surface area contributed by atoms with E-state index in [0.29, 0.717) is 10.8 Å². The maximum atomic E-state index is 12.5. The summed E-state index contributed by atoms with van der Waals surface area (Å²) in [4.78, 5) is 17.3. The molecule has 130 valence electrons. The van der Waals surface area contributed by atoms with Crippen molar-refractivity contribution in [2.75, 3.05) is 0 Å². The standard InChI is InChI=1S/C20H22ClN3O/c1-3-5-6-12-23-17(7-4-2)13-19(25)24-14-18(22-20(23)24)15-8-10-16(21)11-9-15/h4,7-11,13-14H,3,5-6,12H2,1-2H3/b7-4+. The Morgan fingerprint density at radius 1 is 1.20 bits per heavy atom. The number of imidazole rings is 1. The lowest BCUT2D eigenvalue weighted by Crippen LogP contribution is -2.19. The molecule has 0 N–H and O–H groups in total. The molecular weight excluding hydrogens is 334 g/mol. The van der Waals surface area contributed by atoms with Gasteiger partial charge in [0.1, 0.15) is 0 Å². The van der Waals surface area contributed by atoms with Crippen LogP contribution in [-0.2, 0) is 6.54 Å². The molecule has 4 nitrogen and oxygen atoms in total. The monoisotopic (exact) mass is 355 g/mol. The Hall–Kier alpha value is -2.33. The second-order valence-electron chi connectivity index (χ2n) is 6.07. The predicted molar refractivity (Wildman–Crippen MR) is 104 cm³/mol. The van der Waals surface area contributed by atoms with Crippen LogP contribution in [0.1, 0.15) is 38.8 Å². The molecule has 3 aromatic rings. The summed E-state index contributed by atoms with van der Waals surface area (Å²) in [5.41, 5.74) is 2.54. The van der Waals surface area contributed by atoms with Gasteiger partial charge in [0.15, 0.2) is 0 Å². The van der Waals surface area contributed by atoms with Crippen LogP contribution < -0.4 is 5.56 Å². The normalized spacial score (nSPS) is 11.6. The molecule has 0 aliphatic heterocycles. The third kappa shape index (κ3) is 3.69. The highest BCUT2D eigenvalue weighted by Gasteiger charge is 2.12. The van der Waals surface area contributed by atoms with Crippen LogP contribution in [-0.4, -0.2) is 14.0 Å². The van der Waals surface area contributed by atoms with E-state index in [2.05, 4.69) is 11.5 Å². The first-order valence-electron chi connectivity index (χ1n) is 8.65. The zero-order valence-electron chi connectivity index (χ0n) is 14.6. The van der Waals surface area contributed by atoms with Crippen molar-refractivity contribution in [3.05, 3.63) is 63.7 Å². The molecule has 0 radical (unpaired) electrons. The number of fused-ring (bicyclic) bond motifs is 1. The minimum Gasteiger partial charge on any atom is -0.311 e. The molecule has 0 amide bonds. The van der Waals surface area contributed by atoms with Crippen LogP contribution in [0.2, 0.25) is 5.02 Å². The number of rotatable bonds is 6. The molecule has 5 heteroatoms. The number of nitrogens with zero attached hydrogens (tertiary/aromatic N) is 3. The molecule has 0 unspecified atom stereocenters. The molecule has 0 aliphatic rings. The second kappa shape index (κ2) is 7.70. The van der Waals surface area contributed by atoms with E-state index in [4.69, 9.17) is 16.6 Å². The van der Waals surface area contributed by atoms with Crippen LogP contribution in [0.3, 0.4) is 0 Å². The number of hydrogen-bond acceptors (Lipinski definition) is 2. The molecule has 3 rings (SSSR count). The number of unbranched alkanes of at least 4 members (excludes halogenated alkanes) is 2. The van der Waals surface area contributed by atoms with E-state index in [9.17, 15) is 4.79 Å². The molecule has 0 saturated heterocycles. The van der Waals surface area contributed by atoms with Crippen molar-refractivity contribution in [2.24, 2.45) is 0 Å². The van der Waals surface area contributed by atoms with Crippen LogP contribution in [0.4, 0.5) is 0 Å². The topological polar surface area (TPSA) is 39.3 Å². The highest BCUT2D eigenvalue weighted by Crippen LogP contribution is 2.21. The van der Waals surface area contributed by atoms with E-state index >= 15 is 0 Å². The lowest BCUT2D eigenvalue weighted by atomic mass is 10.2. The van der Waals surface area contributed by atoms with Gasteiger partial charge in [-0.15, -0.1) is 0 Å². The van der Waals surface area contributed by atoms with Crippen molar-refractivity contribution in [1.82, 2.24) is 14.0 Å². The molecular formula is C20H22ClN3O. The van der Waals surface area contributed by atoms with Gasteiger partial charge in [0.05, 0.1) is 5.69 Å². The summed E-state index contributed by atoms with van der Waals surface area (Å²) >= 11 is 5.97. The summed E-state index contributed by atoms with van der Waals surface area (Å²) in [6, 6.07) is 9.18. The summed E-state index contributed by atoms with van der Waals surface area (Å²) in [6.07, 6.45) is 9.08. The van der Waals surface area contributed by atoms with Crippen molar-refractivity contribution in [1.29, 1.82) is 0 Å². The molecule has 25 heavy (non-hydrogen) atoms. The summed E-state index contributed by atoms with van der Waals surface area (Å²) in [7, 11) is 0. The Labute approximate surface area is 152 Å². The van der Waals surface area contributed by atoms with Gasteiger partial charge >= 0.3 is 0 Å². The summed E-state index contributed by atoms with van der Waals surface area (Å²) in [6.45, 7) is 4.98. The van der Waals surface area contributed by atoms with E-state index < -0.39 is 0 Å². The minimum absolute atomic E-state index is 0.0671. The van der Waals surface area contributed by atoms with Gasteiger partial charge in [0, 0.05) is 35.1 Å². The molecule has 0 bridgehead atoms. The average Bonchev–Trinajstić information content (AvgIpc) is 3.04. The molecule has 0 fully saturated rings. The van der Waals surface area contributed by atoms with Gasteiger partial charge in [0.2, 0.25) is 5.78 Å². The van der Waals surface area contributed by atoms with Crippen molar-refractivity contribution < 1.29 is 0 Å². The predicted octanol–water partition coefficient (Wildman–Crippen LogP) is 5.04. The molecule has 2 heterocycles. The highest BCUT2D eigenvalue weighted by atomic mass is 35.5. The average molecular weight is 356 g/mol. The number of aromatic nitrogens is 3. The Bertz CT molecular complexity index is 951. The van der Waals surface area contributed by atoms with Crippen LogP contribution >= 0.6 is 11.6 Å². The molecule has 1 aromatic carbocycles. The third-order valence-corrected chi connectivity index (χ3v) is 4.46. The van der Waals surface area contributed by atoms with E-state index in [1.54, 1.807) is 16.7 Å². The Morgan fingerprint density at radius 3 is 2.64 bits per heavy atom. The van der Waals surface area contributed by atoms with Gasteiger partial charge in [-0.1, -0.05) is 49.6 Å².